The molecule has 19 heavy (non-hydrogen) atoms. The van der Waals surface area contributed by atoms with E-state index in [9.17, 15) is 0 Å². The van der Waals surface area contributed by atoms with Crippen LogP contribution in [0.25, 0.3) is 0 Å². The Morgan fingerprint density at radius 2 is 2.11 bits per heavy atom. The van der Waals surface area contributed by atoms with Crippen LogP contribution in [-0.4, -0.2) is 41.2 Å². The van der Waals surface area contributed by atoms with Gasteiger partial charge in [0.05, 0.1) is 6.54 Å². The number of rotatable bonds is 7. The van der Waals surface area contributed by atoms with Crippen molar-refractivity contribution in [2.45, 2.75) is 46.1 Å². The topological polar surface area (TPSA) is 54.2 Å². The van der Waals surface area contributed by atoms with Crippen molar-refractivity contribution in [3.05, 3.63) is 11.7 Å². The van der Waals surface area contributed by atoms with Crippen LogP contribution in [0, 0.1) is 5.92 Å². The maximum atomic E-state index is 5.31. The fraction of sp³-hybridized carbons (Fsp3) is 0.857. The van der Waals surface area contributed by atoms with Crippen LogP contribution in [0.3, 0.4) is 0 Å². The van der Waals surface area contributed by atoms with E-state index in [-0.39, 0.29) is 0 Å². The van der Waals surface area contributed by atoms with Crippen molar-refractivity contribution in [3.63, 3.8) is 0 Å². The van der Waals surface area contributed by atoms with Crippen LogP contribution in [-0.2, 0) is 13.0 Å². The van der Waals surface area contributed by atoms with E-state index in [1.165, 1.54) is 19.3 Å². The summed E-state index contributed by atoms with van der Waals surface area (Å²) in [5.41, 5.74) is 0. The monoisotopic (exact) mass is 266 g/mol. The zero-order chi connectivity index (χ0) is 13.5. The van der Waals surface area contributed by atoms with Crippen molar-refractivity contribution in [2.24, 2.45) is 5.92 Å². The molecule has 1 aromatic heterocycles. The lowest BCUT2D eigenvalue weighted by molar-refractivity contribution is 0.178. The average molecular weight is 266 g/mol. The number of piperidine rings is 1. The first-order valence-electron chi connectivity index (χ1n) is 7.56. The average Bonchev–Trinajstić information content (AvgIpc) is 2.88. The normalized spacial score (nSPS) is 17.2. The molecule has 0 spiro atoms. The molecule has 1 N–H and O–H groups in total. The molecular weight excluding hydrogens is 240 g/mol. The van der Waals surface area contributed by atoms with Gasteiger partial charge in [-0.15, -0.1) is 0 Å². The number of aromatic nitrogens is 2. The standard InChI is InChI=1S/C14H26N4O/c1-3-9-18(10-12-5-7-15-8-6-12)11-14-16-13(4-2)17-19-14/h12,15H,3-11H2,1-2H3. The predicted octanol–water partition coefficient (Wildman–Crippen LogP) is 1.84. The van der Waals surface area contributed by atoms with E-state index in [1.807, 2.05) is 6.92 Å². The molecule has 0 aromatic carbocycles. The molecule has 0 bridgehead atoms. The van der Waals surface area contributed by atoms with Crippen LogP contribution < -0.4 is 5.32 Å². The van der Waals surface area contributed by atoms with Crippen LogP contribution in [0.5, 0.6) is 0 Å². The minimum Gasteiger partial charge on any atom is -0.338 e. The lowest BCUT2D eigenvalue weighted by Crippen LogP contribution is -2.36. The van der Waals surface area contributed by atoms with Crippen LogP contribution in [0.4, 0.5) is 0 Å². The highest BCUT2D eigenvalue weighted by Gasteiger charge is 2.18. The van der Waals surface area contributed by atoms with Crippen molar-refractivity contribution < 1.29 is 4.52 Å². The van der Waals surface area contributed by atoms with Gasteiger partial charge in [0.15, 0.2) is 5.82 Å². The van der Waals surface area contributed by atoms with Gasteiger partial charge in [-0.2, -0.15) is 4.98 Å². The Kier molecular flexibility index (Phi) is 5.79. The fourth-order valence-electron chi connectivity index (χ4n) is 2.67. The first-order chi connectivity index (χ1) is 9.31. The Labute approximate surface area is 115 Å². The van der Waals surface area contributed by atoms with Gasteiger partial charge in [0, 0.05) is 13.0 Å². The molecular formula is C14H26N4O. The van der Waals surface area contributed by atoms with E-state index < -0.39 is 0 Å². The fourth-order valence-corrected chi connectivity index (χ4v) is 2.67. The second-order valence-corrected chi connectivity index (χ2v) is 5.39. The summed E-state index contributed by atoms with van der Waals surface area (Å²) in [7, 11) is 0. The molecule has 5 nitrogen and oxygen atoms in total. The van der Waals surface area contributed by atoms with Gasteiger partial charge >= 0.3 is 0 Å². The van der Waals surface area contributed by atoms with E-state index in [0.717, 1.165) is 56.8 Å². The van der Waals surface area contributed by atoms with Crippen molar-refractivity contribution >= 4 is 0 Å². The molecule has 0 amide bonds. The SMILES string of the molecule is CCCN(Cc1nc(CC)no1)CC1CCNCC1. The zero-order valence-corrected chi connectivity index (χ0v) is 12.2. The van der Waals surface area contributed by atoms with E-state index >= 15 is 0 Å². The molecule has 1 aliphatic heterocycles. The van der Waals surface area contributed by atoms with Crippen LogP contribution in [0.15, 0.2) is 4.52 Å². The van der Waals surface area contributed by atoms with Crippen molar-refractivity contribution in [1.82, 2.24) is 20.4 Å². The summed E-state index contributed by atoms with van der Waals surface area (Å²) >= 11 is 0. The van der Waals surface area contributed by atoms with Gasteiger partial charge in [-0.3, -0.25) is 4.90 Å². The summed E-state index contributed by atoms with van der Waals surface area (Å²) in [4.78, 5) is 6.87. The van der Waals surface area contributed by atoms with Crippen molar-refractivity contribution in [3.8, 4) is 0 Å². The summed E-state index contributed by atoms with van der Waals surface area (Å²) in [6.07, 6.45) is 4.57. The third kappa shape index (κ3) is 4.58. The number of hydrogen-bond acceptors (Lipinski definition) is 5. The van der Waals surface area contributed by atoms with E-state index in [1.54, 1.807) is 0 Å². The number of aryl methyl sites for hydroxylation is 1. The second kappa shape index (κ2) is 7.60. The maximum Gasteiger partial charge on any atom is 0.240 e. The predicted molar refractivity (Wildman–Crippen MR) is 74.8 cm³/mol. The van der Waals surface area contributed by atoms with Gasteiger partial charge in [0.1, 0.15) is 0 Å². The summed E-state index contributed by atoms with van der Waals surface area (Å²) in [5, 5.41) is 7.39. The summed E-state index contributed by atoms with van der Waals surface area (Å²) in [5.74, 6) is 2.38. The molecule has 0 atom stereocenters. The van der Waals surface area contributed by atoms with Gasteiger partial charge < -0.3 is 9.84 Å². The van der Waals surface area contributed by atoms with Gasteiger partial charge in [0.25, 0.3) is 0 Å². The minimum absolute atomic E-state index is 0.763. The third-order valence-electron chi connectivity index (χ3n) is 3.70. The highest BCUT2D eigenvalue weighted by Crippen LogP contribution is 2.15. The van der Waals surface area contributed by atoms with Gasteiger partial charge in [-0.25, -0.2) is 0 Å². The minimum atomic E-state index is 0.763. The molecule has 1 aromatic rings. The van der Waals surface area contributed by atoms with Crippen molar-refractivity contribution in [1.29, 1.82) is 0 Å². The summed E-state index contributed by atoms with van der Waals surface area (Å²) in [6.45, 7) is 9.64. The van der Waals surface area contributed by atoms with E-state index in [2.05, 4.69) is 27.3 Å². The van der Waals surface area contributed by atoms with Crippen molar-refractivity contribution in [2.75, 3.05) is 26.2 Å². The largest absolute Gasteiger partial charge is 0.338 e. The Balaban J connectivity index is 1.87. The number of nitrogens with one attached hydrogen (secondary N) is 1. The smallest absolute Gasteiger partial charge is 0.240 e. The maximum absolute atomic E-state index is 5.31. The Hall–Kier alpha value is -0.940. The lowest BCUT2D eigenvalue weighted by Gasteiger charge is -2.29. The van der Waals surface area contributed by atoms with Gasteiger partial charge in [-0.1, -0.05) is 19.0 Å². The molecule has 0 saturated carbocycles. The molecule has 2 rings (SSSR count). The number of nitrogens with zero attached hydrogens (tertiary/aromatic N) is 3. The number of hydrogen-bond donors (Lipinski definition) is 1. The van der Waals surface area contributed by atoms with E-state index in [4.69, 9.17) is 4.52 Å². The highest BCUT2D eigenvalue weighted by molar-refractivity contribution is 4.86. The molecule has 0 unspecified atom stereocenters. The summed E-state index contributed by atoms with van der Waals surface area (Å²) < 4.78 is 5.31. The molecule has 1 fully saturated rings. The third-order valence-corrected chi connectivity index (χ3v) is 3.70. The van der Waals surface area contributed by atoms with Gasteiger partial charge in [0.2, 0.25) is 5.89 Å². The lowest BCUT2D eigenvalue weighted by atomic mass is 9.97. The molecule has 0 radical (unpaired) electrons. The Morgan fingerprint density at radius 1 is 1.32 bits per heavy atom. The first kappa shape index (κ1) is 14.5. The van der Waals surface area contributed by atoms with Crippen LogP contribution in [0.2, 0.25) is 0 Å². The molecule has 0 aliphatic carbocycles. The molecule has 108 valence electrons. The highest BCUT2D eigenvalue weighted by atomic mass is 16.5. The quantitative estimate of drug-likeness (QED) is 0.816. The molecule has 1 saturated heterocycles. The van der Waals surface area contributed by atoms with Gasteiger partial charge in [-0.05, 0) is 44.8 Å². The zero-order valence-electron chi connectivity index (χ0n) is 12.2. The Bertz CT molecular complexity index is 360. The first-order valence-corrected chi connectivity index (χ1v) is 7.56. The van der Waals surface area contributed by atoms with Crippen LogP contribution >= 0.6 is 0 Å². The summed E-state index contributed by atoms with van der Waals surface area (Å²) in [6, 6.07) is 0. The van der Waals surface area contributed by atoms with Crippen LogP contribution in [0.1, 0.15) is 44.8 Å². The second-order valence-electron chi connectivity index (χ2n) is 5.39. The van der Waals surface area contributed by atoms with E-state index in [0.29, 0.717) is 0 Å². The molecule has 5 heteroatoms. The Morgan fingerprint density at radius 3 is 2.74 bits per heavy atom. The molecule has 1 aliphatic rings. The molecule has 2 heterocycles.